The van der Waals surface area contributed by atoms with Gasteiger partial charge in [-0.05, 0) is 54.1 Å². The summed E-state index contributed by atoms with van der Waals surface area (Å²) in [4.78, 5) is 26.7. The predicted molar refractivity (Wildman–Crippen MR) is 122 cm³/mol. The number of amides is 2. The van der Waals surface area contributed by atoms with Gasteiger partial charge >= 0.3 is 0 Å². The average Bonchev–Trinajstić information content (AvgIpc) is 3.24. The van der Waals surface area contributed by atoms with Crippen molar-refractivity contribution in [1.29, 1.82) is 0 Å². The van der Waals surface area contributed by atoms with E-state index in [0.717, 1.165) is 11.3 Å². The smallest absolute Gasteiger partial charge is 0.243 e. The molecule has 1 heterocycles. The van der Waals surface area contributed by atoms with Crippen molar-refractivity contribution in [2.75, 3.05) is 24.0 Å². The van der Waals surface area contributed by atoms with E-state index in [2.05, 4.69) is 10.9 Å². The van der Waals surface area contributed by atoms with E-state index in [1.54, 1.807) is 72.7 Å². The Kier molecular flexibility index (Phi) is 6.73. The van der Waals surface area contributed by atoms with Gasteiger partial charge in [0.2, 0.25) is 11.8 Å². The van der Waals surface area contributed by atoms with Crippen molar-refractivity contribution in [3.8, 4) is 11.5 Å². The summed E-state index contributed by atoms with van der Waals surface area (Å²) in [5.41, 5.74) is 7.76. The number of methoxy groups -OCH3 is 1. The maximum Gasteiger partial charge on any atom is 0.243 e. The molecule has 3 aromatic rings. The molecule has 0 unspecified atom stereocenters. The Morgan fingerprint density at radius 2 is 1.82 bits per heavy atom. The van der Waals surface area contributed by atoms with Crippen LogP contribution in [0.4, 0.5) is 15.8 Å². The number of anilines is 2. The van der Waals surface area contributed by atoms with Gasteiger partial charge in [-0.3, -0.25) is 20.4 Å². The lowest BCUT2D eigenvalue weighted by molar-refractivity contribution is -0.125. The topological polar surface area (TPSA) is 79.9 Å². The van der Waals surface area contributed by atoms with Crippen LogP contribution in [0.25, 0.3) is 0 Å². The maximum absolute atomic E-state index is 13.0. The minimum absolute atomic E-state index is 0.100. The Labute approximate surface area is 191 Å². The summed E-state index contributed by atoms with van der Waals surface area (Å²) in [5.74, 6) is 0.170. The summed E-state index contributed by atoms with van der Waals surface area (Å²) >= 11 is 0. The molecule has 0 aromatic heterocycles. The molecule has 4 rings (SSSR count). The zero-order valence-corrected chi connectivity index (χ0v) is 18.1. The molecule has 0 bridgehead atoms. The van der Waals surface area contributed by atoms with Crippen LogP contribution in [0.2, 0.25) is 0 Å². The van der Waals surface area contributed by atoms with E-state index >= 15 is 0 Å². The number of benzene rings is 3. The van der Waals surface area contributed by atoms with Gasteiger partial charge in [-0.2, -0.15) is 0 Å². The molecule has 1 aliphatic heterocycles. The van der Waals surface area contributed by atoms with Crippen molar-refractivity contribution in [3.63, 3.8) is 0 Å². The van der Waals surface area contributed by atoms with E-state index in [4.69, 9.17) is 9.47 Å². The number of carbonyl (C=O) groups is 2. The van der Waals surface area contributed by atoms with E-state index in [0.29, 0.717) is 30.3 Å². The molecule has 1 aliphatic rings. The highest BCUT2D eigenvalue weighted by atomic mass is 19.1. The van der Waals surface area contributed by atoms with Gasteiger partial charge in [0.15, 0.2) is 0 Å². The Bertz CT molecular complexity index is 1120. The van der Waals surface area contributed by atoms with Crippen molar-refractivity contribution < 1.29 is 23.5 Å². The Balaban J connectivity index is 1.30. The zero-order valence-electron chi connectivity index (χ0n) is 18.1. The van der Waals surface area contributed by atoms with Crippen LogP contribution in [-0.4, -0.2) is 25.5 Å². The lowest BCUT2D eigenvalue weighted by atomic mass is 10.1. The lowest BCUT2D eigenvalue weighted by Crippen LogP contribution is -2.36. The standard InChI is InChI=1S/C25H24FN3O4/c1-32-22-11-9-21(10-12-22)29-15-18(13-24(29)30)25(31)28-27-20-3-2-4-23(14-20)33-16-17-5-7-19(26)8-6-17/h2-12,14,18,27H,13,15-16H2,1H3,(H,28,31)/t18-/m0/s1. The third-order valence-corrected chi connectivity index (χ3v) is 5.36. The average molecular weight is 449 g/mol. The van der Waals surface area contributed by atoms with Gasteiger partial charge < -0.3 is 14.4 Å². The quantitative estimate of drug-likeness (QED) is 0.510. The lowest BCUT2D eigenvalue weighted by Gasteiger charge is -2.17. The largest absolute Gasteiger partial charge is 0.497 e. The van der Waals surface area contributed by atoms with Gasteiger partial charge in [0.25, 0.3) is 0 Å². The fourth-order valence-electron chi connectivity index (χ4n) is 3.54. The second kappa shape index (κ2) is 10.0. The molecule has 0 saturated carbocycles. The molecule has 7 nitrogen and oxygen atoms in total. The van der Waals surface area contributed by atoms with E-state index in [-0.39, 0.29) is 24.1 Å². The van der Waals surface area contributed by atoms with E-state index in [9.17, 15) is 14.0 Å². The Morgan fingerprint density at radius 1 is 1.06 bits per heavy atom. The third kappa shape index (κ3) is 5.60. The summed E-state index contributed by atoms with van der Waals surface area (Å²) in [5, 5.41) is 0. The summed E-state index contributed by atoms with van der Waals surface area (Å²) in [7, 11) is 1.58. The van der Waals surface area contributed by atoms with Gasteiger partial charge in [0, 0.05) is 24.7 Å². The second-order valence-corrected chi connectivity index (χ2v) is 7.66. The van der Waals surface area contributed by atoms with E-state index in [1.807, 2.05) is 0 Å². The van der Waals surface area contributed by atoms with Crippen LogP contribution < -0.4 is 25.2 Å². The van der Waals surface area contributed by atoms with Crippen molar-refractivity contribution in [2.24, 2.45) is 5.92 Å². The molecule has 0 radical (unpaired) electrons. The van der Waals surface area contributed by atoms with Crippen LogP contribution in [0.1, 0.15) is 12.0 Å². The second-order valence-electron chi connectivity index (χ2n) is 7.66. The molecule has 2 N–H and O–H groups in total. The Morgan fingerprint density at radius 3 is 2.55 bits per heavy atom. The van der Waals surface area contributed by atoms with Crippen molar-refractivity contribution in [1.82, 2.24) is 5.43 Å². The van der Waals surface area contributed by atoms with E-state index < -0.39 is 5.92 Å². The molecular weight excluding hydrogens is 425 g/mol. The molecule has 1 atom stereocenters. The molecule has 2 amide bonds. The molecule has 170 valence electrons. The van der Waals surface area contributed by atoms with Crippen molar-refractivity contribution in [3.05, 3.63) is 84.2 Å². The SMILES string of the molecule is COc1ccc(N2C[C@@H](C(=O)NNc3cccc(OCc4ccc(F)cc4)c3)CC2=O)cc1. The predicted octanol–water partition coefficient (Wildman–Crippen LogP) is 3.91. The van der Waals surface area contributed by atoms with Gasteiger partial charge in [0.1, 0.15) is 23.9 Å². The van der Waals surface area contributed by atoms with Crippen LogP contribution in [0, 0.1) is 11.7 Å². The van der Waals surface area contributed by atoms with Crippen LogP contribution in [0.15, 0.2) is 72.8 Å². The minimum Gasteiger partial charge on any atom is -0.497 e. The van der Waals surface area contributed by atoms with Crippen molar-refractivity contribution >= 4 is 23.2 Å². The monoisotopic (exact) mass is 449 g/mol. The number of hydrogen-bond acceptors (Lipinski definition) is 5. The van der Waals surface area contributed by atoms with Crippen LogP contribution >= 0.6 is 0 Å². The number of hydrazine groups is 1. The highest BCUT2D eigenvalue weighted by Crippen LogP contribution is 2.27. The first kappa shape index (κ1) is 22.1. The normalized spacial score (nSPS) is 15.3. The molecule has 1 saturated heterocycles. The van der Waals surface area contributed by atoms with Gasteiger partial charge in [-0.15, -0.1) is 0 Å². The summed E-state index contributed by atoms with van der Waals surface area (Å²) in [6.45, 7) is 0.598. The highest BCUT2D eigenvalue weighted by Gasteiger charge is 2.35. The van der Waals surface area contributed by atoms with Gasteiger partial charge in [0.05, 0.1) is 18.7 Å². The first-order valence-corrected chi connectivity index (χ1v) is 10.5. The number of nitrogens with one attached hydrogen (secondary N) is 2. The van der Waals surface area contributed by atoms with Gasteiger partial charge in [-0.25, -0.2) is 4.39 Å². The maximum atomic E-state index is 13.0. The van der Waals surface area contributed by atoms with Gasteiger partial charge in [-0.1, -0.05) is 18.2 Å². The highest BCUT2D eigenvalue weighted by molar-refractivity contribution is 6.00. The minimum atomic E-state index is -0.468. The number of hydrogen-bond donors (Lipinski definition) is 2. The number of rotatable bonds is 8. The number of nitrogens with zero attached hydrogens (tertiary/aromatic N) is 1. The molecule has 0 spiro atoms. The van der Waals surface area contributed by atoms with Crippen molar-refractivity contribution in [2.45, 2.75) is 13.0 Å². The molecule has 0 aliphatic carbocycles. The van der Waals surface area contributed by atoms with E-state index in [1.165, 1.54) is 12.1 Å². The molecule has 8 heteroatoms. The first-order valence-electron chi connectivity index (χ1n) is 10.5. The number of carbonyl (C=O) groups excluding carboxylic acids is 2. The molecule has 3 aromatic carbocycles. The molecular formula is C25H24FN3O4. The van der Waals surface area contributed by atoms with Crippen LogP contribution in [0.3, 0.4) is 0 Å². The summed E-state index contributed by atoms with van der Waals surface area (Å²) in [6.07, 6.45) is 0.139. The fourth-order valence-corrected chi connectivity index (χ4v) is 3.54. The fraction of sp³-hybridized carbons (Fsp3) is 0.200. The zero-order chi connectivity index (χ0) is 23.2. The Hall–Kier alpha value is -4.07. The first-order chi connectivity index (χ1) is 16.0. The summed E-state index contributed by atoms with van der Waals surface area (Å²) in [6, 6.07) is 20.4. The molecule has 33 heavy (non-hydrogen) atoms. The number of ether oxygens (including phenoxy) is 2. The summed E-state index contributed by atoms with van der Waals surface area (Å²) < 4.78 is 23.9. The third-order valence-electron chi connectivity index (χ3n) is 5.36. The van der Waals surface area contributed by atoms with Crippen LogP contribution in [0.5, 0.6) is 11.5 Å². The number of halogens is 1. The van der Waals surface area contributed by atoms with Crippen LogP contribution in [-0.2, 0) is 16.2 Å². The molecule has 1 fully saturated rings.